The molecular weight excluding hydrogens is 312 g/mol. The molecule has 112 valence electrons. The number of aromatic nitrogens is 1. The van der Waals surface area contributed by atoms with Crippen LogP contribution in [0.15, 0.2) is 12.3 Å². The lowest BCUT2D eigenvalue weighted by Crippen LogP contribution is -2.36. The first kappa shape index (κ1) is 15.7. The molecule has 1 aromatic heterocycles. The Bertz CT molecular complexity index is 459. The predicted octanol–water partition coefficient (Wildman–Crippen LogP) is 4.74. The van der Waals surface area contributed by atoms with Crippen LogP contribution in [0, 0.1) is 0 Å². The van der Waals surface area contributed by atoms with Gasteiger partial charge in [-0.25, -0.2) is 4.98 Å². The van der Waals surface area contributed by atoms with Crippen molar-refractivity contribution in [3.63, 3.8) is 0 Å². The quantitative estimate of drug-likeness (QED) is 0.743. The molecule has 1 aliphatic carbocycles. The summed E-state index contributed by atoms with van der Waals surface area (Å²) >= 11 is 11.8. The van der Waals surface area contributed by atoms with E-state index >= 15 is 0 Å². The summed E-state index contributed by atoms with van der Waals surface area (Å²) in [7, 11) is 0. The molecule has 0 bridgehead atoms. The molecule has 1 aromatic rings. The van der Waals surface area contributed by atoms with Gasteiger partial charge in [-0.15, -0.1) is 11.6 Å². The van der Waals surface area contributed by atoms with Crippen LogP contribution in [-0.2, 0) is 6.18 Å². The Morgan fingerprint density at radius 2 is 1.95 bits per heavy atom. The van der Waals surface area contributed by atoms with E-state index in [0.29, 0.717) is 18.2 Å². The molecule has 0 saturated heterocycles. The van der Waals surface area contributed by atoms with Crippen LogP contribution in [0.25, 0.3) is 0 Å². The Morgan fingerprint density at radius 3 is 2.45 bits per heavy atom. The van der Waals surface area contributed by atoms with Gasteiger partial charge in [0.2, 0.25) is 0 Å². The highest BCUT2D eigenvalue weighted by atomic mass is 35.5. The highest BCUT2D eigenvalue weighted by Gasteiger charge is 2.33. The first-order chi connectivity index (χ1) is 9.43. The summed E-state index contributed by atoms with van der Waals surface area (Å²) in [6.45, 7) is 0.532. The van der Waals surface area contributed by atoms with Crippen LogP contribution in [-0.4, -0.2) is 23.5 Å². The molecule has 7 heteroatoms. The van der Waals surface area contributed by atoms with E-state index in [1.807, 2.05) is 4.90 Å². The zero-order valence-corrected chi connectivity index (χ0v) is 12.3. The molecule has 0 N–H and O–H groups in total. The average Bonchev–Trinajstić information content (AvgIpc) is 2.89. The highest BCUT2D eigenvalue weighted by Crippen LogP contribution is 2.35. The van der Waals surface area contributed by atoms with Gasteiger partial charge in [-0.2, -0.15) is 13.2 Å². The second kappa shape index (κ2) is 6.39. The third-order valence-electron chi connectivity index (χ3n) is 3.51. The van der Waals surface area contributed by atoms with Crippen molar-refractivity contribution < 1.29 is 13.2 Å². The largest absolute Gasteiger partial charge is 0.417 e. The van der Waals surface area contributed by atoms with E-state index in [4.69, 9.17) is 23.2 Å². The molecule has 0 atom stereocenters. The minimum absolute atomic E-state index is 0.0249. The van der Waals surface area contributed by atoms with E-state index in [9.17, 15) is 13.2 Å². The van der Waals surface area contributed by atoms with Gasteiger partial charge in [0.1, 0.15) is 5.82 Å². The van der Waals surface area contributed by atoms with Gasteiger partial charge in [0, 0.05) is 24.7 Å². The molecule has 1 saturated carbocycles. The molecule has 0 unspecified atom stereocenters. The summed E-state index contributed by atoms with van der Waals surface area (Å²) in [6.07, 6.45) is 0.618. The van der Waals surface area contributed by atoms with Gasteiger partial charge < -0.3 is 4.90 Å². The predicted molar refractivity (Wildman–Crippen MR) is 74.6 cm³/mol. The zero-order chi connectivity index (χ0) is 14.8. The highest BCUT2D eigenvalue weighted by molar-refractivity contribution is 6.33. The summed E-state index contributed by atoms with van der Waals surface area (Å²) in [5.74, 6) is 0.780. The van der Waals surface area contributed by atoms with Gasteiger partial charge in [0.15, 0.2) is 0 Å². The number of nitrogens with zero attached hydrogens (tertiary/aromatic N) is 2. The molecule has 2 nitrogen and oxygen atoms in total. The second-order valence-electron chi connectivity index (χ2n) is 4.85. The van der Waals surface area contributed by atoms with Gasteiger partial charge in [0.25, 0.3) is 0 Å². The fourth-order valence-electron chi connectivity index (χ4n) is 2.57. The van der Waals surface area contributed by atoms with Gasteiger partial charge in [0.05, 0.1) is 10.6 Å². The zero-order valence-electron chi connectivity index (χ0n) is 10.8. The molecule has 20 heavy (non-hydrogen) atoms. The number of hydrogen-bond acceptors (Lipinski definition) is 2. The monoisotopic (exact) mass is 326 g/mol. The number of rotatable bonds is 4. The van der Waals surface area contributed by atoms with Crippen molar-refractivity contribution in [2.45, 2.75) is 37.9 Å². The van der Waals surface area contributed by atoms with E-state index in [2.05, 4.69) is 4.98 Å². The summed E-state index contributed by atoms with van der Waals surface area (Å²) < 4.78 is 37.8. The van der Waals surface area contributed by atoms with Crippen LogP contribution >= 0.6 is 23.2 Å². The van der Waals surface area contributed by atoms with E-state index in [-0.39, 0.29) is 11.1 Å². The molecule has 0 aliphatic heterocycles. The van der Waals surface area contributed by atoms with Crippen molar-refractivity contribution in [2.24, 2.45) is 0 Å². The Hall–Kier alpha value is -0.680. The van der Waals surface area contributed by atoms with Crippen LogP contribution in [0.2, 0.25) is 5.02 Å². The van der Waals surface area contributed by atoms with E-state index in [1.54, 1.807) is 0 Å². The fraction of sp³-hybridized carbons (Fsp3) is 0.615. The molecule has 1 heterocycles. The lowest BCUT2D eigenvalue weighted by molar-refractivity contribution is -0.137. The standard InChI is InChI=1S/C13H15Cl2F3N2/c14-5-6-20(10-3-1-2-4-10)12-11(15)7-9(8-19-12)13(16,17)18/h7-8,10H,1-6H2. The van der Waals surface area contributed by atoms with Crippen LogP contribution < -0.4 is 4.90 Å². The van der Waals surface area contributed by atoms with Gasteiger partial charge in [-0.1, -0.05) is 24.4 Å². The van der Waals surface area contributed by atoms with Gasteiger partial charge in [-0.3, -0.25) is 0 Å². The molecule has 0 radical (unpaired) electrons. The molecular formula is C13H15Cl2F3N2. The summed E-state index contributed by atoms with van der Waals surface area (Å²) in [5.41, 5.74) is -0.830. The Morgan fingerprint density at radius 1 is 1.30 bits per heavy atom. The number of alkyl halides is 4. The molecule has 0 amide bonds. The first-order valence-corrected chi connectivity index (χ1v) is 7.40. The topological polar surface area (TPSA) is 16.1 Å². The van der Waals surface area contributed by atoms with E-state index in [1.165, 1.54) is 0 Å². The lowest BCUT2D eigenvalue weighted by atomic mass is 10.2. The minimum Gasteiger partial charge on any atom is -0.351 e. The van der Waals surface area contributed by atoms with E-state index < -0.39 is 11.7 Å². The molecule has 2 rings (SSSR count). The lowest BCUT2D eigenvalue weighted by Gasteiger charge is -2.30. The number of anilines is 1. The first-order valence-electron chi connectivity index (χ1n) is 6.49. The Kier molecular flexibility index (Phi) is 5.02. The van der Waals surface area contributed by atoms with E-state index in [0.717, 1.165) is 37.9 Å². The maximum Gasteiger partial charge on any atom is 0.417 e. The molecule has 1 fully saturated rings. The van der Waals surface area contributed by atoms with Crippen molar-refractivity contribution in [2.75, 3.05) is 17.3 Å². The normalized spacial score (nSPS) is 16.6. The van der Waals surface area contributed by atoms with Gasteiger partial charge >= 0.3 is 6.18 Å². The van der Waals surface area contributed by atoms with Crippen LogP contribution in [0.5, 0.6) is 0 Å². The molecule has 0 spiro atoms. The summed E-state index contributed by atoms with van der Waals surface area (Å²) in [4.78, 5) is 5.86. The van der Waals surface area contributed by atoms with Gasteiger partial charge in [-0.05, 0) is 18.9 Å². The Labute approximate surface area is 125 Å². The van der Waals surface area contributed by atoms with Crippen molar-refractivity contribution in [3.8, 4) is 0 Å². The van der Waals surface area contributed by atoms with Crippen LogP contribution in [0.3, 0.4) is 0 Å². The second-order valence-corrected chi connectivity index (χ2v) is 5.63. The molecule has 0 aromatic carbocycles. The van der Waals surface area contributed by atoms with Crippen molar-refractivity contribution >= 4 is 29.0 Å². The maximum atomic E-state index is 12.6. The SMILES string of the molecule is FC(F)(F)c1cnc(N(CCCl)C2CCCC2)c(Cl)c1. The number of hydrogen-bond donors (Lipinski definition) is 0. The molecule has 1 aliphatic rings. The van der Waals surface area contributed by atoms with Crippen LogP contribution in [0.1, 0.15) is 31.2 Å². The minimum atomic E-state index is -4.43. The number of halogens is 5. The Balaban J connectivity index is 2.29. The summed E-state index contributed by atoms with van der Waals surface area (Å²) in [6, 6.07) is 1.19. The smallest absolute Gasteiger partial charge is 0.351 e. The van der Waals surface area contributed by atoms with Crippen molar-refractivity contribution in [1.29, 1.82) is 0 Å². The third kappa shape index (κ3) is 3.50. The van der Waals surface area contributed by atoms with Crippen LogP contribution in [0.4, 0.5) is 19.0 Å². The average molecular weight is 327 g/mol. The summed E-state index contributed by atoms with van der Waals surface area (Å²) in [5, 5.41) is 0.0249. The number of pyridine rings is 1. The fourth-order valence-corrected chi connectivity index (χ4v) is 3.02. The third-order valence-corrected chi connectivity index (χ3v) is 3.96. The van der Waals surface area contributed by atoms with Crippen molar-refractivity contribution in [3.05, 3.63) is 22.8 Å². The van der Waals surface area contributed by atoms with Crippen molar-refractivity contribution in [1.82, 2.24) is 4.98 Å². The maximum absolute atomic E-state index is 12.6.